The third-order valence-electron chi connectivity index (χ3n) is 7.22. The number of pyridine rings is 1. The van der Waals surface area contributed by atoms with Crippen molar-refractivity contribution < 1.29 is 31.4 Å². The van der Waals surface area contributed by atoms with Crippen molar-refractivity contribution in [3.63, 3.8) is 0 Å². The van der Waals surface area contributed by atoms with Crippen molar-refractivity contribution in [1.29, 1.82) is 0 Å². The maximum Gasteiger partial charge on any atom is 0.243 e. The molecule has 0 atom stereocenters. The number of primary sulfonamides is 1. The van der Waals surface area contributed by atoms with Gasteiger partial charge in [0.15, 0.2) is 10.7 Å². The number of nitrogens with two attached hydrogens (primary N) is 2. The van der Waals surface area contributed by atoms with E-state index in [1.165, 1.54) is 13.3 Å². The molecule has 41 heavy (non-hydrogen) atoms. The quantitative estimate of drug-likeness (QED) is 0.319. The van der Waals surface area contributed by atoms with Gasteiger partial charge in [0.1, 0.15) is 17.1 Å². The van der Waals surface area contributed by atoms with Gasteiger partial charge in [0, 0.05) is 35.4 Å². The lowest BCUT2D eigenvalue weighted by Gasteiger charge is -2.28. The number of nitrogens with zero attached hydrogens (tertiary/aromatic N) is 3. The summed E-state index contributed by atoms with van der Waals surface area (Å²) in [6.07, 6.45) is 4.98. The zero-order valence-electron chi connectivity index (χ0n) is 22.6. The number of anilines is 1. The topological polar surface area (TPSA) is 153 Å². The first-order chi connectivity index (χ1) is 19.5. The molecule has 0 radical (unpaired) electrons. The molecule has 0 bridgehead atoms. The predicted molar refractivity (Wildman–Crippen MR) is 149 cm³/mol. The number of methoxy groups -OCH3 is 2. The minimum absolute atomic E-state index is 0.000851. The monoisotopic (exact) mass is 585 g/mol. The van der Waals surface area contributed by atoms with Gasteiger partial charge in [-0.15, -0.1) is 0 Å². The fourth-order valence-corrected chi connectivity index (χ4v) is 5.86. The lowest BCUT2D eigenvalue weighted by molar-refractivity contribution is 0.0331. The van der Waals surface area contributed by atoms with Crippen molar-refractivity contribution >= 4 is 26.9 Å². The van der Waals surface area contributed by atoms with Gasteiger partial charge in [0.25, 0.3) is 0 Å². The van der Waals surface area contributed by atoms with E-state index in [1.54, 1.807) is 26.2 Å². The second-order valence-corrected chi connectivity index (χ2v) is 11.4. The molecule has 0 unspecified atom stereocenters. The van der Waals surface area contributed by atoms with Gasteiger partial charge >= 0.3 is 0 Å². The Labute approximate surface area is 235 Å². The van der Waals surface area contributed by atoms with Crippen LogP contribution in [0.4, 0.5) is 14.7 Å². The molecular weight excluding hydrogens is 556 g/mol. The molecule has 0 saturated heterocycles. The maximum atomic E-state index is 15.4. The van der Waals surface area contributed by atoms with E-state index in [1.807, 2.05) is 6.07 Å². The highest BCUT2D eigenvalue weighted by Crippen LogP contribution is 2.39. The van der Waals surface area contributed by atoms with Crippen molar-refractivity contribution in [2.24, 2.45) is 5.14 Å². The second-order valence-electron chi connectivity index (χ2n) is 9.85. The third kappa shape index (κ3) is 5.65. The first-order valence-corrected chi connectivity index (χ1v) is 14.4. The highest BCUT2D eigenvalue weighted by Gasteiger charge is 2.27. The number of halogens is 2. The molecule has 216 valence electrons. The fraction of sp³-hybridized carbons (Fsp3) is 0.321. The Balaban J connectivity index is 1.65. The molecule has 0 spiro atoms. The molecule has 5 rings (SSSR count). The number of sulfonamides is 1. The molecule has 10 nitrogen and oxygen atoms in total. The Kier molecular flexibility index (Phi) is 7.77. The zero-order chi connectivity index (χ0) is 29.5. The van der Waals surface area contributed by atoms with E-state index in [0.29, 0.717) is 33.5 Å². The normalized spacial score (nSPS) is 17.5. The first kappa shape index (κ1) is 28.6. The molecule has 0 amide bonds. The Morgan fingerprint density at radius 2 is 1.66 bits per heavy atom. The van der Waals surface area contributed by atoms with Crippen LogP contribution in [0.2, 0.25) is 0 Å². The molecular formula is C28H29F2N5O5S. The van der Waals surface area contributed by atoms with Crippen LogP contribution in [-0.2, 0) is 14.8 Å². The molecule has 1 aliphatic rings. The molecule has 0 aliphatic heterocycles. The van der Waals surface area contributed by atoms with Crippen LogP contribution < -0.4 is 20.3 Å². The molecule has 1 aliphatic carbocycles. The number of benzene rings is 2. The minimum atomic E-state index is -4.69. The van der Waals surface area contributed by atoms with E-state index >= 15 is 4.39 Å². The first-order valence-electron chi connectivity index (χ1n) is 12.8. The highest BCUT2D eigenvalue weighted by molar-refractivity contribution is 7.89. The lowest BCUT2D eigenvalue weighted by Crippen LogP contribution is -2.27. The van der Waals surface area contributed by atoms with E-state index in [9.17, 15) is 12.8 Å². The molecule has 13 heteroatoms. The van der Waals surface area contributed by atoms with Gasteiger partial charge in [0.2, 0.25) is 21.9 Å². The number of aromatic nitrogens is 3. The van der Waals surface area contributed by atoms with Crippen LogP contribution in [0.1, 0.15) is 31.4 Å². The van der Waals surface area contributed by atoms with Gasteiger partial charge in [0.05, 0.1) is 25.0 Å². The number of hydrogen-bond donors (Lipinski definition) is 2. The third-order valence-corrected chi connectivity index (χ3v) is 8.17. The summed E-state index contributed by atoms with van der Waals surface area (Å²) in [6.45, 7) is 1.80. The fourth-order valence-electron chi connectivity index (χ4n) is 5.16. The summed E-state index contributed by atoms with van der Waals surface area (Å²) in [7, 11) is -1.66. The van der Waals surface area contributed by atoms with Crippen LogP contribution in [0.15, 0.2) is 41.4 Å². The van der Waals surface area contributed by atoms with Crippen molar-refractivity contribution in [3.05, 3.63) is 53.9 Å². The van der Waals surface area contributed by atoms with Gasteiger partial charge in [-0.3, -0.25) is 0 Å². The van der Waals surface area contributed by atoms with Gasteiger partial charge in [-0.1, -0.05) is 0 Å². The van der Waals surface area contributed by atoms with Crippen LogP contribution >= 0.6 is 0 Å². The van der Waals surface area contributed by atoms with Crippen molar-refractivity contribution in [2.45, 2.75) is 49.7 Å². The summed E-state index contributed by atoms with van der Waals surface area (Å²) in [6, 6.07) is 7.13. The molecule has 1 saturated carbocycles. The number of hydrogen-bond acceptors (Lipinski definition) is 9. The summed E-state index contributed by atoms with van der Waals surface area (Å²) in [5, 5.41) is 5.78. The summed E-state index contributed by atoms with van der Waals surface area (Å²) >= 11 is 0. The van der Waals surface area contributed by atoms with Gasteiger partial charge in [-0.25, -0.2) is 37.3 Å². The van der Waals surface area contributed by atoms with Crippen LogP contribution in [-0.4, -0.2) is 49.8 Å². The average Bonchev–Trinajstić information content (AvgIpc) is 2.93. The highest BCUT2D eigenvalue weighted by atomic mass is 32.2. The van der Waals surface area contributed by atoms with Crippen LogP contribution in [0.25, 0.3) is 33.2 Å². The Hall–Kier alpha value is -3.94. The Morgan fingerprint density at radius 1 is 0.951 bits per heavy atom. The standard InChI is InChI=1S/C28H29F2N5O5S/c1-14-20-10-15(12-23(25(20)35-28(31)34-14)40-18-6-4-17(38-2)5-7-18)16-11-21(27(39-3)33-13-16)19-8-9-22(29)26(24(19)30)41(32,36)37/h8-13,17-18H,4-7H2,1-3H3,(H2,31,34,35)(H2,32,36,37). The molecule has 2 aromatic carbocycles. The lowest BCUT2D eigenvalue weighted by atomic mass is 9.94. The predicted octanol–water partition coefficient (Wildman–Crippen LogP) is 4.52. The number of aryl methyl sites for hydroxylation is 1. The van der Waals surface area contributed by atoms with Gasteiger partial charge < -0.3 is 19.9 Å². The number of rotatable bonds is 7. The largest absolute Gasteiger partial charge is 0.488 e. The Morgan fingerprint density at radius 3 is 2.32 bits per heavy atom. The summed E-state index contributed by atoms with van der Waals surface area (Å²) in [4.78, 5) is 11.8. The van der Waals surface area contributed by atoms with Crippen LogP contribution in [0.3, 0.4) is 0 Å². The van der Waals surface area contributed by atoms with E-state index < -0.39 is 26.6 Å². The van der Waals surface area contributed by atoms with E-state index in [2.05, 4.69) is 15.0 Å². The van der Waals surface area contributed by atoms with Gasteiger partial charge in [-0.05, 0) is 68.5 Å². The van der Waals surface area contributed by atoms with E-state index in [4.69, 9.17) is 25.1 Å². The molecule has 2 heterocycles. The maximum absolute atomic E-state index is 15.4. The average molecular weight is 586 g/mol. The second kappa shape index (κ2) is 11.1. The molecule has 1 fully saturated rings. The van der Waals surface area contributed by atoms with Crippen LogP contribution in [0, 0.1) is 18.6 Å². The molecule has 4 N–H and O–H groups in total. The Bertz CT molecular complexity index is 1740. The van der Waals surface area contributed by atoms with Crippen molar-refractivity contribution in [1.82, 2.24) is 15.0 Å². The molecule has 2 aromatic heterocycles. The van der Waals surface area contributed by atoms with Crippen LogP contribution in [0.5, 0.6) is 11.6 Å². The number of ether oxygens (including phenoxy) is 3. The van der Waals surface area contributed by atoms with Gasteiger partial charge in [-0.2, -0.15) is 0 Å². The minimum Gasteiger partial charge on any atom is -0.488 e. The summed E-state index contributed by atoms with van der Waals surface area (Å²) < 4.78 is 70.8. The van der Waals surface area contributed by atoms with Crippen molar-refractivity contribution in [3.8, 4) is 33.9 Å². The van der Waals surface area contributed by atoms with Crippen molar-refractivity contribution in [2.75, 3.05) is 20.0 Å². The zero-order valence-corrected chi connectivity index (χ0v) is 23.5. The summed E-state index contributed by atoms with van der Waals surface area (Å²) in [5.74, 6) is -2.04. The number of fused-ring (bicyclic) bond motifs is 1. The van der Waals surface area contributed by atoms with E-state index in [0.717, 1.165) is 37.8 Å². The summed E-state index contributed by atoms with van der Waals surface area (Å²) in [5.41, 5.74) is 8.15. The smallest absolute Gasteiger partial charge is 0.243 e. The number of nitrogen functional groups attached to an aromatic ring is 1. The van der Waals surface area contributed by atoms with E-state index in [-0.39, 0.29) is 35.2 Å². The SMILES string of the molecule is COc1ncc(-c2cc(OC3CCC(OC)CC3)c3nc(N)nc(C)c3c2)cc1-c1ccc(F)c(S(N)(=O)=O)c1F. The molecule has 4 aromatic rings.